The number of pyridine rings is 1. The van der Waals surface area contributed by atoms with Crippen molar-refractivity contribution < 1.29 is 0 Å². The van der Waals surface area contributed by atoms with Crippen molar-refractivity contribution in [3.63, 3.8) is 0 Å². The van der Waals surface area contributed by atoms with Gasteiger partial charge in [0.25, 0.3) is 0 Å². The molecule has 3 rings (SSSR count). The monoisotopic (exact) mass is 217 g/mol. The molecule has 2 aliphatic rings. The first kappa shape index (κ1) is 10.1. The normalized spacial score (nSPS) is 20.4. The van der Waals surface area contributed by atoms with Gasteiger partial charge in [-0.2, -0.15) is 0 Å². The minimum Gasteiger partial charge on any atom is -0.356 e. The van der Waals surface area contributed by atoms with Crippen LogP contribution in [0, 0.1) is 0 Å². The van der Waals surface area contributed by atoms with Crippen molar-refractivity contribution >= 4 is 5.82 Å². The first-order valence-corrected chi connectivity index (χ1v) is 6.36. The zero-order valence-corrected chi connectivity index (χ0v) is 9.65. The van der Waals surface area contributed by atoms with Crippen molar-refractivity contribution in [2.75, 3.05) is 18.0 Å². The highest BCUT2D eigenvalue weighted by Crippen LogP contribution is 2.24. The van der Waals surface area contributed by atoms with Crippen molar-refractivity contribution in [3.05, 3.63) is 23.9 Å². The second-order valence-electron chi connectivity index (χ2n) is 4.84. The molecule has 2 fully saturated rings. The van der Waals surface area contributed by atoms with Crippen molar-refractivity contribution in [3.8, 4) is 0 Å². The molecule has 0 unspecified atom stereocenters. The molecule has 2 heterocycles. The smallest absolute Gasteiger partial charge is 0.133 e. The summed E-state index contributed by atoms with van der Waals surface area (Å²) in [5, 5.41) is 3.57. The van der Waals surface area contributed by atoms with Crippen LogP contribution >= 0.6 is 0 Å². The Morgan fingerprint density at radius 1 is 1.31 bits per heavy atom. The zero-order valence-electron chi connectivity index (χ0n) is 9.65. The quantitative estimate of drug-likeness (QED) is 0.835. The maximum absolute atomic E-state index is 4.54. The first-order chi connectivity index (χ1) is 7.93. The van der Waals surface area contributed by atoms with Gasteiger partial charge in [0.15, 0.2) is 0 Å². The van der Waals surface area contributed by atoms with Gasteiger partial charge in [-0.05, 0) is 31.7 Å². The molecule has 3 heteroatoms. The third kappa shape index (κ3) is 2.19. The lowest BCUT2D eigenvalue weighted by Crippen LogP contribution is -2.23. The fraction of sp³-hybridized carbons (Fsp3) is 0.615. The SMILES string of the molecule is c1cnc(N2CCCC2)c(CNC2CC2)c1. The van der Waals surface area contributed by atoms with Gasteiger partial charge in [-0.3, -0.25) is 0 Å². The van der Waals surface area contributed by atoms with Crippen LogP contribution in [-0.4, -0.2) is 24.1 Å². The molecule has 0 amide bonds. The molecule has 16 heavy (non-hydrogen) atoms. The molecule has 0 atom stereocenters. The van der Waals surface area contributed by atoms with E-state index in [2.05, 4.69) is 21.3 Å². The van der Waals surface area contributed by atoms with E-state index >= 15 is 0 Å². The lowest BCUT2D eigenvalue weighted by Gasteiger charge is -2.19. The molecule has 3 nitrogen and oxygen atoms in total. The van der Waals surface area contributed by atoms with Crippen LogP contribution in [0.5, 0.6) is 0 Å². The third-order valence-corrected chi connectivity index (χ3v) is 3.43. The molecule has 1 saturated heterocycles. The van der Waals surface area contributed by atoms with E-state index < -0.39 is 0 Å². The molecule has 1 aromatic rings. The summed E-state index contributed by atoms with van der Waals surface area (Å²) in [6.45, 7) is 3.32. The number of nitrogens with one attached hydrogen (secondary N) is 1. The Hall–Kier alpha value is -1.09. The van der Waals surface area contributed by atoms with E-state index in [1.165, 1.54) is 50.2 Å². The van der Waals surface area contributed by atoms with Crippen molar-refractivity contribution in [2.24, 2.45) is 0 Å². The molecule has 0 spiro atoms. The van der Waals surface area contributed by atoms with E-state index in [9.17, 15) is 0 Å². The number of rotatable bonds is 4. The molecule has 0 radical (unpaired) electrons. The summed E-state index contributed by atoms with van der Waals surface area (Å²) in [6, 6.07) is 5.02. The predicted molar refractivity (Wildman–Crippen MR) is 65.5 cm³/mol. The lowest BCUT2D eigenvalue weighted by molar-refractivity contribution is 0.683. The van der Waals surface area contributed by atoms with Crippen LogP contribution in [0.3, 0.4) is 0 Å². The number of anilines is 1. The van der Waals surface area contributed by atoms with Gasteiger partial charge < -0.3 is 10.2 Å². The van der Waals surface area contributed by atoms with E-state index in [4.69, 9.17) is 0 Å². The van der Waals surface area contributed by atoms with Crippen molar-refractivity contribution in [1.82, 2.24) is 10.3 Å². The Balaban J connectivity index is 1.73. The third-order valence-electron chi connectivity index (χ3n) is 3.43. The second-order valence-corrected chi connectivity index (χ2v) is 4.84. The van der Waals surface area contributed by atoms with Crippen LogP contribution in [0.15, 0.2) is 18.3 Å². The van der Waals surface area contributed by atoms with Crippen LogP contribution < -0.4 is 10.2 Å². The Morgan fingerprint density at radius 2 is 2.12 bits per heavy atom. The van der Waals surface area contributed by atoms with Crippen LogP contribution in [0.25, 0.3) is 0 Å². The van der Waals surface area contributed by atoms with E-state index in [0.717, 1.165) is 12.6 Å². The minimum atomic E-state index is 0.770. The van der Waals surface area contributed by atoms with Gasteiger partial charge in [-0.15, -0.1) is 0 Å². The van der Waals surface area contributed by atoms with Crippen LogP contribution in [-0.2, 0) is 6.54 Å². The highest BCUT2D eigenvalue weighted by Gasteiger charge is 2.22. The summed E-state index contributed by atoms with van der Waals surface area (Å²) in [5.74, 6) is 1.20. The fourth-order valence-electron chi connectivity index (χ4n) is 2.32. The van der Waals surface area contributed by atoms with Crippen molar-refractivity contribution in [1.29, 1.82) is 0 Å². The molecule has 1 aliphatic heterocycles. The molecule has 1 aromatic heterocycles. The minimum absolute atomic E-state index is 0.770. The maximum Gasteiger partial charge on any atom is 0.133 e. The molecule has 1 aliphatic carbocycles. The zero-order chi connectivity index (χ0) is 10.8. The Bertz CT molecular complexity index is 354. The van der Waals surface area contributed by atoms with Crippen LogP contribution in [0.2, 0.25) is 0 Å². The average Bonchev–Trinajstić information content (AvgIpc) is 3.00. The summed E-state index contributed by atoms with van der Waals surface area (Å²) < 4.78 is 0. The van der Waals surface area contributed by atoms with E-state index in [1.54, 1.807) is 0 Å². The Kier molecular flexibility index (Phi) is 2.79. The predicted octanol–water partition coefficient (Wildman–Crippen LogP) is 1.93. The summed E-state index contributed by atoms with van der Waals surface area (Å²) >= 11 is 0. The van der Waals surface area contributed by atoms with Gasteiger partial charge >= 0.3 is 0 Å². The summed E-state index contributed by atoms with van der Waals surface area (Å²) in [4.78, 5) is 6.97. The molecule has 86 valence electrons. The molecule has 0 bridgehead atoms. The highest BCUT2D eigenvalue weighted by atomic mass is 15.2. The van der Waals surface area contributed by atoms with Crippen LogP contribution in [0.4, 0.5) is 5.82 Å². The summed E-state index contributed by atoms with van der Waals surface area (Å²) in [7, 11) is 0. The Morgan fingerprint density at radius 3 is 2.88 bits per heavy atom. The number of nitrogens with zero attached hydrogens (tertiary/aromatic N) is 2. The fourth-order valence-corrected chi connectivity index (χ4v) is 2.32. The van der Waals surface area contributed by atoms with Gasteiger partial charge in [0, 0.05) is 37.4 Å². The maximum atomic E-state index is 4.54. The molecule has 1 saturated carbocycles. The van der Waals surface area contributed by atoms with Gasteiger partial charge in [0.1, 0.15) is 5.82 Å². The van der Waals surface area contributed by atoms with Gasteiger partial charge in [-0.1, -0.05) is 6.07 Å². The average molecular weight is 217 g/mol. The number of hydrogen-bond donors (Lipinski definition) is 1. The van der Waals surface area contributed by atoms with E-state index in [-0.39, 0.29) is 0 Å². The van der Waals surface area contributed by atoms with E-state index in [0.29, 0.717) is 0 Å². The molecule has 1 N–H and O–H groups in total. The summed E-state index contributed by atoms with van der Waals surface area (Å²) in [5.41, 5.74) is 1.36. The van der Waals surface area contributed by atoms with E-state index in [1.807, 2.05) is 12.3 Å². The van der Waals surface area contributed by atoms with Gasteiger partial charge in [0.2, 0.25) is 0 Å². The second kappa shape index (κ2) is 4.42. The van der Waals surface area contributed by atoms with Gasteiger partial charge in [0.05, 0.1) is 0 Å². The Labute approximate surface area is 96.9 Å². The number of hydrogen-bond acceptors (Lipinski definition) is 3. The number of aromatic nitrogens is 1. The standard InChI is InChI=1S/C13H19N3/c1-2-9-16(8-1)13-11(4-3-7-14-13)10-15-12-5-6-12/h3-4,7,12,15H,1-2,5-6,8-10H2. The molecule has 0 aromatic carbocycles. The van der Waals surface area contributed by atoms with Crippen LogP contribution in [0.1, 0.15) is 31.2 Å². The lowest BCUT2D eigenvalue weighted by atomic mass is 10.2. The highest BCUT2D eigenvalue weighted by molar-refractivity contribution is 5.47. The largest absolute Gasteiger partial charge is 0.356 e. The first-order valence-electron chi connectivity index (χ1n) is 6.36. The molecular weight excluding hydrogens is 198 g/mol. The van der Waals surface area contributed by atoms with Gasteiger partial charge in [-0.25, -0.2) is 4.98 Å². The van der Waals surface area contributed by atoms with Crippen molar-refractivity contribution in [2.45, 2.75) is 38.3 Å². The topological polar surface area (TPSA) is 28.2 Å². The summed E-state index contributed by atoms with van der Waals surface area (Å²) in [6.07, 6.45) is 7.23. The molecular formula is C13H19N3.